The van der Waals surface area contributed by atoms with E-state index in [4.69, 9.17) is 4.74 Å². The quantitative estimate of drug-likeness (QED) is 0.856. The highest BCUT2D eigenvalue weighted by Crippen LogP contribution is 2.39. The molecule has 0 fully saturated rings. The average Bonchev–Trinajstić information content (AvgIpc) is 2.60. The minimum atomic E-state index is -0.507. The van der Waals surface area contributed by atoms with E-state index in [2.05, 4.69) is 27.4 Å². The number of rotatable bonds is 2. The maximum absolute atomic E-state index is 6.08. The van der Waals surface area contributed by atoms with Crippen LogP contribution in [0.5, 0.6) is 5.88 Å². The number of aromatic nitrogens is 3. The molecule has 0 radical (unpaired) electrons. The number of anilines is 1. The second kappa shape index (κ2) is 4.94. The van der Waals surface area contributed by atoms with Crippen LogP contribution in [-0.4, -0.2) is 27.2 Å². The van der Waals surface area contributed by atoms with Gasteiger partial charge in [0, 0.05) is 17.7 Å². The minimum absolute atomic E-state index is 0.507. The van der Waals surface area contributed by atoms with Crippen LogP contribution >= 0.6 is 11.8 Å². The number of nitrogens with one attached hydrogen (secondary N) is 1. The van der Waals surface area contributed by atoms with Crippen LogP contribution in [0.25, 0.3) is 11.3 Å². The van der Waals surface area contributed by atoms with Crippen molar-refractivity contribution in [2.24, 2.45) is 0 Å². The van der Waals surface area contributed by atoms with Crippen LogP contribution in [0.15, 0.2) is 29.4 Å². The number of para-hydroxylation sites is 1. The molecule has 6 heteroatoms. The van der Waals surface area contributed by atoms with E-state index in [-0.39, 0.29) is 0 Å². The standard InChI is InChI=1S/C14H16N4OS/c1-4-14(2)16-10-8-6-5-7-9(10)11-12(19-14)15-13(20-3)18-17-11/h5-8,16H,4H2,1-3H3/t14-/m1/s1. The summed E-state index contributed by atoms with van der Waals surface area (Å²) in [6.07, 6.45) is 2.73. The van der Waals surface area contributed by atoms with Crippen molar-refractivity contribution < 1.29 is 4.74 Å². The lowest BCUT2D eigenvalue weighted by molar-refractivity contribution is 0.109. The van der Waals surface area contributed by atoms with Gasteiger partial charge in [-0.3, -0.25) is 0 Å². The van der Waals surface area contributed by atoms with Crippen LogP contribution in [0.3, 0.4) is 0 Å². The molecule has 2 aromatic rings. The van der Waals surface area contributed by atoms with E-state index in [1.165, 1.54) is 11.8 Å². The van der Waals surface area contributed by atoms with Gasteiger partial charge in [0.2, 0.25) is 11.0 Å². The fourth-order valence-corrected chi connectivity index (χ4v) is 2.40. The van der Waals surface area contributed by atoms with Crippen molar-refractivity contribution in [3.63, 3.8) is 0 Å². The zero-order chi connectivity index (χ0) is 14.2. The van der Waals surface area contributed by atoms with Crippen molar-refractivity contribution in [2.75, 3.05) is 11.6 Å². The van der Waals surface area contributed by atoms with Gasteiger partial charge in [-0.15, -0.1) is 10.2 Å². The van der Waals surface area contributed by atoms with Crippen molar-refractivity contribution >= 4 is 17.4 Å². The first-order valence-corrected chi connectivity index (χ1v) is 7.73. The Hall–Kier alpha value is -1.82. The topological polar surface area (TPSA) is 59.9 Å². The molecular weight excluding hydrogens is 272 g/mol. The van der Waals surface area contributed by atoms with Crippen LogP contribution in [0, 0.1) is 0 Å². The molecule has 3 rings (SSSR count). The van der Waals surface area contributed by atoms with Crippen LogP contribution in [0.4, 0.5) is 5.69 Å². The summed E-state index contributed by atoms with van der Waals surface area (Å²) in [5.41, 5.74) is 2.13. The summed E-state index contributed by atoms with van der Waals surface area (Å²) in [6.45, 7) is 4.09. The summed E-state index contributed by atoms with van der Waals surface area (Å²) in [6, 6.07) is 7.99. The van der Waals surface area contributed by atoms with E-state index in [1.807, 2.05) is 37.4 Å². The maximum atomic E-state index is 6.08. The van der Waals surface area contributed by atoms with Crippen molar-refractivity contribution in [1.29, 1.82) is 0 Å². The molecule has 0 aliphatic carbocycles. The smallest absolute Gasteiger partial charge is 0.247 e. The number of hydrogen-bond acceptors (Lipinski definition) is 6. The van der Waals surface area contributed by atoms with Gasteiger partial charge in [0.15, 0.2) is 11.4 Å². The number of benzene rings is 1. The molecule has 104 valence electrons. The van der Waals surface area contributed by atoms with Crippen molar-refractivity contribution in [2.45, 2.75) is 31.1 Å². The number of fused-ring (bicyclic) bond motifs is 3. The maximum Gasteiger partial charge on any atom is 0.247 e. The number of thioether (sulfide) groups is 1. The van der Waals surface area contributed by atoms with Crippen molar-refractivity contribution in [1.82, 2.24) is 15.2 Å². The van der Waals surface area contributed by atoms with Crippen LogP contribution in [0.2, 0.25) is 0 Å². The van der Waals surface area contributed by atoms with Gasteiger partial charge in [0.25, 0.3) is 0 Å². The Morgan fingerprint density at radius 2 is 2.10 bits per heavy atom. The van der Waals surface area contributed by atoms with Gasteiger partial charge in [0.05, 0.1) is 0 Å². The van der Waals surface area contributed by atoms with E-state index >= 15 is 0 Å². The van der Waals surface area contributed by atoms with Gasteiger partial charge >= 0.3 is 0 Å². The van der Waals surface area contributed by atoms with Gasteiger partial charge in [-0.1, -0.05) is 36.9 Å². The summed E-state index contributed by atoms with van der Waals surface area (Å²) < 4.78 is 6.08. The lowest BCUT2D eigenvalue weighted by Crippen LogP contribution is -2.40. The third-order valence-electron chi connectivity index (χ3n) is 3.40. The Balaban J connectivity index is 2.22. The Kier molecular flexibility index (Phi) is 3.25. The molecule has 1 aromatic heterocycles. The zero-order valence-electron chi connectivity index (χ0n) is 11.7. The molecule has 1 aromatic carbocycles. The summed E-state index contributed by atoms with van der Waals surface area (Å²) >= 11 is 1.45. The molecule has 0 saturated carbocycles. The number of hydrogen-bond donors (Lipinski definition) is 1. The van der Waals surface area contributed by atoms with E-state index in [0.717, 1.165) is 17.7 Å². The van der Waals surface area contributed by atoms with Gasteiger partial charge < -0.3 is 10.1 Å². The first-order chi connectivity index (χ1) is 9.65. The molecule has 1 atom stereocenters. The summed E-state index contributed by atoms with van der Waals surface area (Å²) in [5.74, 6) is 0.533. The lowest BCUT2D eigenvalue weighted by Gasteiger charge is -2.29. The van der Waals surface area contributed by atoms with E-state index in [0.29, 0.717) is 16.7 Å². The molecule has 0 bridgehead atoms. The fourth-order valence-electron chi connectivity index (χ4n) is 2.11. The minimum Gasteiger partial charge on any atom is -0.450 e. The molecule has 0 spiro atoms. The van der Waals surface area contributed by atoms with E-state index in [1.54, 1.807) is 0 Å². The zero-order valence-corrected chi connectivity index (χ0v) is 12.5. The molecular formula is C14H16N4OS. The number of nitrogens with zero attached hydrogens (tertiary/aromatic N) is 3. The molecule has 20 heavy (non-hydrogen) atoms. The number of ether oxygens (including phenoxy) is 1. The molecule has 0 amide bonds. The van der Waals surface area contributed by atoms with Gasteiger partial charge in [0.1, 0.15) is 0 Å². The second-order valence-corrected chi connectivity index (χ2v) is 5.58. The third-order valence-corrected chi connectivity index (χ3v) is 3.93. The second-order valence-electron chi connectivity index (χ2n) is 4.81. The van der Waals surface area contributed by atoms with Crippen molar-refractivity contribution in [3.8, 4) is 17.1 Å². The molecule has 1 aliphatic rings. The predicted octanol–water partition coefficient (Wildman–Crippen LogP) is 3.19. The van der Waals surface area contributed by atoms with Crippen LogP contribution in [-0.2, 0) is 0 Å². The van der Waals surface area contributed by atoms with Gasteiger partial charge in [-0.05, 0) is 19.2 Å². The fraction of sp³-hybridized carbons (Fsp3) is 0.357. The third kappa shape index (κ3) is 2.20. The highest BCUT2D eigenvalue weighted by Gasteiger charge is 2.32. The summed E-state index contributed by atoms with van der Waals surface area (Å²) in [5, 5.41) is 12.5. The van der Waals surface area contributed by atoms with Crippen LogP contribution < -0.4 is 10.1 Å². The first kappa shape index (κ1) is 13.2. The summed E-state index contributed by atoms with van der Waals surface area (Å²) in [4.78, 5) is 4.46. The molecule has 0 saturated heterocycles. The Bertz CT molecular complexity index is 649. The Labute approximate surface area is 122 Å². The molecule has 1 aliphatic heterocycles. The van der Waals surface area contributed by atoms with Crippen LogP contribution in [0.1, 0.15) is 20.3 Å². The first-order valence-electron chi connectivity index (χ1n) is 6.50. The molecule has 2 heterocycles. The SMILES string of the molecule is CC[C@]1(C)Nc2ccccc2-c2nnc(SC)nc2O1. The predicted molar refractivity (Wildman–Crippen MR) is 80.0 cm³/mol. The molecule has 0 unspecified atom stereocenters. The average molecular weight is 288 g/mol. The monoisotopic (exact) mass is 288 g/mol. The lowest BCUT2D eigenvalue weighted by atomic mass is 10.1. The van der Waals surface area contributed by atoms with Crippen molar-refractivity contribution in [3.05, 3.63) is 24.3 Å². The Morgan fingerprint density at radius 1 is 1.30 bits per heavy atom. The molecule has 1 N–H and O–H groups in total. The van der Waals surface area contributed by atoms with Gasteiger partial charge in [-0.25, -0.2) is 0 Å². The van der Waals surface area contributed by atoms with E-state index in [9.17, 15) is 0 Å². The van der Waals surface area contributed by atoms with E-state index < -0.39 is 5.72 Å². The van der Waals surface area contributed by atoms with Gasteiger partial charge in [-0.2, -0.15) is 4.98 Å². The largest absolute Gasteiger partial charge is 0.450 e. The normalized spacial score (nSPS) is 20.1. The Morgan fingerprint density at radius 3 is 2.85 bits per heavy atom. The highest BCUT2D eigenvalue weighted by atomic mass is 32.2. The summed E-state index contributed by atoms with van der Waals surface area (Å²) in [7, 11) is 0. The molecule has 5 nitrogen and oxygen atoms in total. The highest BCUT2D eigenvalue weighted by molar-refractivity contribution is 7.98.